The molecule has 0 saturated heterocycles. The zero-order valence-electron chi connectivity index (χ0n) is 8.93. The van der Waals surface area contributed by atoms with E-state index in [1.54, 1.807) is 27.8 Å². The Morgan fingerprint density at radius 1 is 1.12 bits per heavy atom. The van der Waals surface area contributed by atoms with Crippen LogP contribution in [0, 0.1) is 0 Å². The fourth-order valence-electron chi connectivity index (χ4n) is 0.935. The summed E-state index contributed by atoms with van der Waals surface area (Å²) in [4.78, 5) is 23.7. The molecule has 0 bridgehead atoms. The summed E-state index contributed by atoms with van der Waals surface area (Å²) in [5, 5.41) is 0. The minimum absolute atomic E-state index is 0.195. The van der Waals surface area contributed by atoms with Gasteiger partial charge in [0.05, 0.1) is 0 Å². The zero-order valence-corrected chi connectivity index (χ0v) is 9.74. The first-order chi connectivity index (χ1) is 7.91. The lowest BCUT2D eigenvalue weighted by molar-refractivity contribution is -0.119. The summed E-state index contributed by atoms with van der Waals surface area (Å²) in [5.74, 6) is -1.38. The summed E-state index contributed by atoms with van der Waals surface area (Å²) in [6, 6.07) is 7.82. The van der Waals surface area contributed by atoms with Gasteiger partial charge >= 0.3 is 10.2 Å². The van der Waals surface area contributed by atoms with E-state index in [0.717, 1.165) is 6.92 Å². The van der Waals surface area contributed by atoms with Crippen molar-refractivity contribution >= 4 is 22.0 Å². The van der Waals surface area contributed by atoms with Crippen LogP contribution in [0.15, 0.2) is 30.3 Å². The fraction of sp³-hybridized carbons (Fsp3) is 0.111. The first-order valence-corrected chi connectivity index (χ1v) is 6.04. The molecule has 3 N–H and O–H groups in total. The van der Waals surface area contributed by atoms with Crippen molar-refractivity contribution in [3.05, 3.63) is 35.9 Å². The second kappa shape index (κ2) is 5.41. The van der Waals surface area contributed by atoms with Crippen LogP contribution in [0.1, 0.15) is 17.3 Å². The zero-order chi connectivity index (χ0) is 12.9. The Kier molecular flexibility index (Phi) is 4.18. The smallest absolute Gasteiger partial charge is 0.277 e. The van der Waals surface area contributed by atoms with E-state index in [1.807, 2.05) is 5.43 Å². The Hall–Kier alpha value is -1.93. The van der Waals surface area contributed by atoms with Gasteiger partial charge in [-0.25, -0.2) is 4.72 Å². The van der Waals surface area contributed by atoms with Gasteiger partial charge < -0.3 is 0 Å². The Balaban J connectivity index is 2.66. The largest absolute Gasteiger partial charge is 0.318 e. The molecule has 0 heterocycles. The third-order valence-corrected chi connectivity index (χ3v) is 2.45. The molecule has 0 aromatic heterocycles. The number of hydrogen-bond acceptors (Lipinski definition) is 4. The van der Waals surface area contributed by atoms with Gasteiger partial charge in [-0.15, -0.1) is 4.83 Å². The summed E-state index contributed by atoms with van der Waals surface area (Å²) >= 11 is 0. The number of hydrogen-bond donors (Lipinski definition) is 3. The molecule has 8 heteroatoms. The van der Waals surface area contributed by atoms with Crippen molar-refractivity contribution in [3.8, 4) is 0 Å². The summed E-state index contributed by atoms with van der Waals surface area (Å²) in [6.45, 7) is 1.13. The lowest BCUT2D eigenvalue weighted by Gasteiger charge is -2.07. The van der Waals surface area contributed by atoms with Gasteiger partial charge in [0.15, 0.2) is 0 Å². The molecule has 0 aliphatic rings. The third kappa shape index (κ3) is 4.62. The van der Waals surface area contributed by atoms with Gasteiger partial charge in [-0.1, -0.05) is 18.2 Å². The van der Waals surface area contributed by atoms with Crippen LogP contribution < -0.4 is 15.0 Å². The number of amides is 2. The Morgan fingerprint density at radius 3 is 2.24 bits per heavy atom. The molecular formula is C9H11N3O4S. The van der Waals surface area contributed by atoms with E-state index in [9.17, 15) is 18.0 Å². The molecule has 0 aliphatic carbocycles. The molecule has 0 atom stereocenters. The predicted octanol–water partition coefficient (Wildman–Crippen LogP) is -0.698. The van der Waals surface area contributed by atoms with Crippen molar-refractivity contribution in [1.29, 1.82) is 0 Å². The highest BCUT2D eigenvalue weighted by molar-refractivity contribution is 7.88. The number of nitrogens with one attached hydrogen (secondary N) is 3. The molecule has 0 fully saturated rings. The van der Waals surface area contributed by atoms with E-state index in [2.05, 4.69) is 0 Å². The summed E-state index contributed by atoms with van der Waals surface area (Å²) < 4.78 is 24.3. The van der Waals surface area contributed by atoms with E-state index >= 15 is 0 Å². The lowest BCUT2D eigenvalue weighted by Crippen LogP contribution is -2.48. The highest BCUT2D eigenvalue weighted by Gasteiger charge is 2.15. The van der Waals surface area contributed by atoms with Crippen molar-refractivity contribution < 1.29 is 18.0 Å². The van der Waals surface area contributed by atoms with Gasteiger partial charge in [0.2, 0.25) is 5.91 Å². The molecule has 1 aromatic rings. The average molecular weight is 257 g/mol. The molecule has 0 unspecified atom stereocenters. The van der Waals surface area contributed by atoms with Crippen LogP contribution in [0.2, 0.25) is 0 Å². The minimum atomic E-state index is -4.11. The maximum atomic E-state index is 11.5. The van der Waals surface area contributed by atoms with Crippen molar-refractivity contribution in [2.24, 2.45) is 0 Å². The highest BCUT2D eigenvalue weighted by Crippen LogP contribution is 1.98. The van der Waals surface area contributed by atoms with Crippen LogP contribution >= 0.6 is 0 Å². The standard InChI is InChI=1S/C9H11N3O4S/c1-7(13)10-12-17(15,16)11-9(14)8-5-3-2-4-6-8/h2-6,12H,1H3,(H,10,13)(H,11,14). The maximum absolute atomic E-state index is 11.5. The number of carbonyl (C=O) groups excluding carboxylic acids is 2. The van der Waals surface area contributed by atoms with Gasteiger partial charge in [-0.05, 0) is 12.1 Å². The van der Waals surface area contributed by atoms with Crippen LogP contribution in [0.3, 0.4) is 0 Å². The van der Waals surface area contributed by atoms with E-state index in [-0.39, 0.29) is 5.56 Å². The molecule has 0 radical (unpaired) electrons. The van der Waals surface area contributed by atoms with Crippen molar-refractivity contribution in [3.63, 3.8) is 0 Å². The van der Waals surface area contributed by atoms with Crippen molar-refractivity contribution in [1.82, 2.24) is 15.0 Å². The van der Waals surface area contributed by atoms with E-state index in [1.165, 1.54) is 12.1 Å². The summed E-state index contributed by atoms with van der Waals surface area (Å²) in [5.41, 5.74) is 2.05. The first-order valence-electron chi connectivity index (χ1n) is 4.56. The molecule has 1 aromatic carbocycles. The van der Waals surface area contributed by atoms with Crippen molar-refractivity contribution in [2.45, 2.75) is 6.92 Å². The molecule has 17 heavy (non-hydrogen) atoms. The monoisotopic (exact) mass is 257 g/mol. The number of hydrazine groups is 1. The molecule has 7 nitrogen and oxygen atoms in total. The van der Waals surface area contributed by atoms with E-state index in [0.29, 0.717) is 0 Å². The van der Waals surface area contributed by atoms with Gasteiger partial charge in [0.1, 0.15) is 0 Å². The maximum Gasteiger partial charge on any atom is 0.318 e. The number of carbonyl (C=O) groups is 2. The molecule has 92 valence electrons. The van der Waals surface area contributed by atoms with Gasteiger partial charge in [0.25, 0.3) is 5.91 Å². The van der Waals surface area contributed by atoms with Gasteiger partial charge in [-0.2, -0.15) is 8.42 Å². The molecule has 1 rings (SSSR count). The van der Waals surface area contributed by atoms with Crippen LogP contribution in [0.25, 0.3) is 0 Å². The van der Waals surface area contributed by atoms with E-state index in [4.69, 9.17) is 0 Å². The number of rotatable bonds is 4. The van der Waals surface area contributed by atoms with E-state index < -0.39 is 22.0 Å². The van der Waals surface area contributed by atoms with Crippen LogP contribution in [0.4, 0.5) is 0 Å². The molecule has 2 amide bonds. The molecule has 0 spiro atoms. The van der Waals surface area contributed by atoms with Gasteiger partial charge in [-0.3, -0.25) is 15.0 Å². The fourth-order valence-corrected chi connectivity index (χ4v) is 1.63. The van der Waals surface area contributed by atoms with Crippen LogP contribution in [-0.4, -0.2) is 20.2 Å². The quantitative estimate of drug-likeness (QED) is 0.620. The lowest BCUT2D eigenvalue weighted by atomic mass is 10.2. The molecule has 0 saturated carbocycles. The normalized spacial score (nSPS) is 10.6. The van der Waals surface area contributed by atoms with Crippen LogP contribution in [0.5, 0.6) is 0 Å². The minimum Gasteiger partial charge on any atom is -0.277 e. The summed E-state index contributed by atoms with van der Waals surface area (Å²) in [7, 11) is -4.11. The Bertz CT molecular complexity index is 512. The summed E-state index contributed by atoms with van der Waals surface area (Å²) in [6.07, 6.45) is 0. The highest BCUT2D eigenvalue weighted by atomic mass is 32.2. The van der Waals surface area contributed by atoms with Gasteiger partial charge in [0, 0.05) is 12.5 Å². The topological polar surface area (TPSA) is 104 Å². The second-order valence-corrected chi connectivity index (χ2v) is 4.50. The Labute approximate surface area is 98.4 Å². The third-order valence-electron chi connectivity index (χ3n) is 1.62. The Morgan fingerprint density at radius 2 is 1.71 bits per heavy atom. The average Bonchev–Trinajstić information content (AvgIpc) is 2.27. The first kappa shape index (κ1) is 13.1. The second-order valence-electron chi connectivity index (χ2n) is 3.08. The number of benzene rings is 1. The molecular weight excluding hydrogens is 246 g/mol. The van der Waals surface area contributed by atoms with Crippen LogP contribution in [-0.2, 0) is 15.0 Å². The predicted molar refractivity (Wildman–Crippen MR) is 59.8 cm³/mol. The SMILES string of the molecule is CC(=O)NNS(=O)(=O)NC(=O)c1ccccc1. The van der Waals surface area contributed by atoms with Crippen molar-refractivity contribution in [2.75, 3.05) is 0 Å². The molecule has 0 aliphatic heterocycles.